The Hall–Kier alpha value is -4.28. The van der Waals surface area contributed by atoms with E-state index in [2.05, 4.69) is 37.0 Å². The molecule has 0 radical (unpaired) electrons. The van der Waals surface area contributed by atoms with Crippen molar-refractivity contribution in [1.29, 1.82) is 0 Å². The lowest BCUT2D eigenvalue weighted by atomic mass is 10.2. The molecule has 0 unspecified atom stereocenters. The number of hydrogen-bond acceptors (Lipinski definition) is 6. The highest BCUT2D eigenvalue weighted by Crippen LogP contribution is 2.36. The largest absolute Gasteiger partial charge is 0.496 e. The van der Waals surface area contributed by atoms with Crippen molar-refractivity contribution in [3.63, 3.8) is 0 Å². The number of methoxy groups -OCH3 is 1. The maximum atomic E-state index is 13.6. The zero-order chi connectivity index (χ0) is 28.5. The van der Waals surface area contributed by atoms with Crippen LogP contribution in [0.4, 0.5) is 4.39 Å². The van der Waals surface area contributed by atoms with Crippen LogP contribution in [-0.2, 0) is 6.61 Å². The Balaban J connectivity index is 1.39. The van der Waals surface area contributed by atoms with Gasteiger partial charge in [-0.15, -0.1) is 0 Å². The third kappa shape index (κ3) is 5.40. The fraction of sp³-hybridized carbons (Fsp3) is 0.0645. The molecule has 0 aliphatic rings. The topological polar surface area (TPSA) is 78.9 Å². The Morgan fingerprint density at radius 2 is 1.76 bits per heavy atom. The Morgan fingerprint density at radius 3 is 2.54 bits per heavy atom. The highest BCUT2D eigenvalue weighted by molar-refractivity contribution is 9.11. The molecule has 2 heterocycles. The number of aromatic nitrogens is 2. The van der Waals surface area contributed by atoms with E-state index in [1.165, 1.54) is 16.8 Å². The van der Waals surface area contributed by atoms with E-state index in [1.807, 2.05) is 24.3 Å². The minimum Gasteiger partial charge on any atom is -0.496 e. The molecule has 2 aromatic heterocycles. The summed E-state index contributed by atoms with van der Waals surface area (Å²) in [5.74, 6) is 1.48. The van der Waals surface area contributed by atoms with Crippen molar-refractivity contribution in [2.75, 3.05) is 7.11 Å². The highest BCUT2D eigenvalue weighted by atomic mass is 79.9. The van der Waals surface area contributed by atoms with Crippen LogP contribution in [0.15, 0.2) is 108 Å². The van der Waals surface area contributed by atoms with Crippen molar-refractivity contribution in [3.8, 4) is 23.1 Å². The molecule has 0 saturated heterocycles. The van der Waals surface area contributed by atoms with Crippen molar-refractivity contribution < 1.29 is 18.3 Å². The van der Waals surface area contributed by atoms with Crippen molar-refractivity contribution >= 4 is 59.9 Å². The molecule has 0 fully saturated rings. The number of ether oxygens (including phenoxy) is 2. The molecule has 0 atom stereocenters. The van der Waals surface area contributed by atoms with E-state index < -0.39 is 0 Å². The number of benzene rings is 4. The van der Waals surface area contributed by atoms with Crippen molar-refractivity contribution in [2.45, 2.75) is 6.61 Å². The predicted octanol–water partition coefficient (Wildman–Crippen LogP) is 7.94. The van der Waals surface area contributed by atoms with Gasteiger partial charge in [-0.25, -0.2) is 9.37 Å². The first-order valence-electron chi connectivity index (χ1n) is 12.4. The summed E-state index contributed by atoms with van der Waals surface area (Å²) in [6.07, 6.45) is 1.55. The van der Waals surface area contributed by atoms with E-state index in [1.54, 1.807) is 61.9 Å². The van der Waals surface area contributed by atoms with Crippen LogP contribution in [0, 0.1) is 5.82 Å². The standard InChI is InChI=1S/C31H20Br2FN3O4/c1-39-26-10-5-11-27-22(26)15-28(41-27)30-36-25-9-3-2-8-21(25)31(38)37(30)35-16-19-13-23(32)29(24(33)14-19)40-17-18-6-4-7-20(34)12-18/h2-16H,17H2,1H3. The molecule has 7 nitrogen and oxygen atoms in total. The van der Waals surface area contributed by atoms with Crippen LogP contribution in [0.25, 0.3) is 33.5 Å². The summed E-state index contributed by atoms with van der Waals surface area (Å²) in [5, 5.41) is 5.71. The predicted molar refractivity (Wildman–Crippen MR) is 163 cm³/mol. The lowest BCUT2D eigenvalue weighted by molar-refractivity contribution is 0.301. The van der Waals surface area contributed by atoms with Crippen LogP contribution < -0.4 is 15.0 Å². The monoisotopic (exact) mass is 675 g/mol. The van der Waals surface area contributed by atoms with Gasteiger partial charge in [0.05, 0.1) is 38.6 Å². The number of halogens is 3. The van der Waals surface area contributed by atoms with Gasteiger partial charge >= 0.3 is 0 Å². The molecule has 0 spiro atoms. The maximum absolute atomic E-state index is 13.6. The zero-order valence-corrected chi connectivity index (χ0v) is 24.6. The van der Waals surface area contributed by atoms with Gasteiger partial charge in [0, 0.05) is 0 Å². The summed E-state index contributed by atoms with van der Waals surface area (Å²) in [7, 11) is 1.59. The molecule has 204 valence electrons. The Kier molecular flexibility index (Phi) is 7.42. The molecule has 0 bridgehead atoms. The number of rotatable bonds is 7. The van der Waals surface area contributed by atoms with Gasteiger partial charge in [0.25, 0.3) is 5.56 Å². The average Bonchev–Trinajstić information content (AvgIpc) is 3.41. The molecule has 10 heteroatoms. The molecule has 41 heavy (non-hydrogen) atoms. The molecule has 0 aliphatic heterocycles. The molecule has 0 amide bonds. The van der Waals surface area contributed by atoms with Gasteiger partial charge in [0.15, 0.2) is 5.76 Å². The number of furan rings is 1. The summed E-state index contributed by atoms with van der Waals surface area (Å²) in [6.45, 7) is 0.187. The number of para-hydroxylation sites is 1. The fourth-order valence-corrected chi connectivity index (χ4v) is 5.86. The summed E-state index contributed by atoms with van der Waals surface area (Å²) < 4.78 is 33.6. The van der Waals surface area contributed by atoms with Crippen LogP contribution in [0.5, 0.6) is 11.5 Å². The summed E-state index contributed by atoms with van der Waals surface area (Å²) in [6, 6.07) is 24.2. The number of nitrogens with zero attached hydrogens (tertiary/aromatic N) is 3. The second-order valence-corrected chi connectivity index (χ2v) is 10.7. The van der Waals surface area contributed by atoms with Gasteiger partial charge < -0.3 is 13.9 Å². The molecule has 0 saturated carbocycles. The Morgan fingerprint density at radius 1 is 0.976 bits per heavy atom. The second kappa shape index (κ2) is 11.3. The summed E-state index contributed by atoms with van der Waals surface area (Å²) in [4.78, 5) is 18.3. The van der Waals surface area contributed by atoms with E-state index in [0.717, 1.165) is 5.39 Å². The Bertz CT molecular complexity index is 2000. The molecule has 6 aromatic rings. The first-order valence-corrected chi connectivity index (χ1v) is 14.0. The highest BCUT2D eigenvalue weighted by Gasteiger charge is 2.18. The van der Waals surface area contributed by atoms with Crippen LogP contribution in [0.2, 0.25) is 0 Å². The number of hydrogen-bond donors (Lipinski definition) is 0. The minimum atomic E-state index is -0.345. The minimum absolute atomic E-state index is 0.187. The number of fused-ring (bicyclic) bond motifs is 2. The van der Waals surface area contributed by atoms with Crippen LogP contribution in [0.1, 0.15) is 11.1 Å². The molecule has 4 aromatic carbocycles. The van der Waals surface area contributed by atoms with Gasteiger partial charge in [0.2, 0.25) is 5.82 Å². The first-order chi connectivity index (χ1) is 19.9. The van der Waals surface area contributed by atoms with Crippen molar-refractivity contribution in [1.82, 2.24) is 9.66 Å². The van der Waals surface area contributed by atoms with Crippen LogP contribution in [-0.4, -0.2) is 23.0 Å². The molecular weight excluding hydrogens is 657 g/mol. The fourth-order valence-electron chi connectivity index (χ4n) is 4.41. The van der Waals surface area contributed by atoms with E-state index >= 15 is 0 Å². The van der Waals surface area contributed by atoms with Gasteiger partial charge in [-0.05, 0) is 97.6 Å². The normalized spacial score (nSPS) is 11.5. The molecular formula is C31H20Br2FN3O4. The van der Waals surface area contributed by atoms with E-state index in [-0.39, 0.29) is 23.8 Å². The van der Waals surface area contributed by atoms with Crippen molar-refractivity contribution in [3.05, 3.63) is 121 Å². The smallest absolute Gasteiger partial charge is 0.282 e. The first kappa shape index (κ1) is 26.9. The lowest BCUT2D eigenvalue weighted by Gasteiger charge is -2.12. The summed E-state index contributed by atoms with van der Waals surface area (Å²) in [5.41, 5.74) is 2.16. The van der Waals surface area contributed by atoms with E-state index in [4.69, 9.17) is 18.9 Å². The van der Waals surface area contributed by atoms with Gasteiger partial charge in [0.1, 0.15) is 29.5 Å². The third-order valence-corrected chi connectivity index (χ3v) is 7.51. The molecule has 0 aliphatic carbocycles. The maximum Gasteiger partial charge on any atom is 0.282 e. The zero-order valence-electron chi connectivity index (χ0n) is 21.5. The van der Waals surface area contributed by atoms with E-state index in [9.17, 15) is 9.18 Å². The van der Waals surface area contributed by atoms with Crippen molar-refractivity contribution in [2.24, 2.45) is 5.10 Å². The third-order valence-electron chi connectivity index (χ3n) is 6.33. The quantitative estimate of drug-likeness (QED) is 0.160. The second-order valence-electron chi connectivity index (χ2n) is 9.03. The summed E-state index contributed by atoms with van der Waals surface area (Å²) >= 11 is 7.09. The average molecular weight is 677 g/mol. The van der Waals surface area contributed by atoms with Crippen LogP contribution in [0.3, 0.4) is 0 Å². The van der Waals surface area contributed by atoms with E-state index in [0.29, 0.717) is 53.8 Å². The lowest BCUT2D eigenvalue weighted by Crippen LogP contribution is -2.20. The SMILES string of the molecule is COc1cccc2oc(-c3nc4ccccc4c(=O)n3N=Cc3cc(Br)c(OCc4cccc(F)c4)c(Br)c3)cc12. The molecule has 0 N–H and O–H groups in total. The van der Waals surface area contributed by atoms with Crippen LogP contribution >= 0.6 is 31.9 Å². The Labute approximate surface area is 250 Å². The van der Waals surface area contributed by atoms with Gasteiger partial charge in [-0.3, -0.25) is 4.79 Å². The molecule has 6 rings (SSSR count). The van der Waals surface area contributed by atoms with Gasteiger partial charge in [-0.2, -0.15) is 9.78 Å². The van der Waals surface area contributed by atoms with Gasteiger partial charge in [-0.1, -0.05) is 30.3 Å².